The standard InChI is InChI=1S/C17H17ClFNO2/c18-14-4-5-16(20-9-14)13-3-6-17(15(19)8-13)22-11-12-2-1-7-21-10-12/h3-6,8-9,12H,1-2,7,10-11H2. The zero-order chi connectivity index (χ0) is 15.4. The Labute approximate surface area is 134 Å². The van der Waals surface area contributed by atoms with Crippen LogP contribution in [0.15, 0.2) is 36.5 Å². The number of benzene rings is 1. The fraction of sp³-hybridized carbons (Fsp3) is 0.353. The van der Waals surface area contributed by atoms with Gasteiger partial charge in [0, 0.05) is 24.3 Å². The van der Waals surface area contributed by atoms with E-state index >= 15 is 0 Å². The van der Waals surface area contributed by atoms with Crippen molar-refractivity contribution in [1.82, 2.24) is 4.98 Å². The van der Waals surface area contributed by atoms with E-state index in [0.717, 1.165) is 19.4 Å². The van der Waals surface area contributed by atoms with Gasteiger partial charge in [-0.2, -0.15) is 0 Å². The van der Waals surface area contributed by atoms with Crippen molar-refractivity contribution in [1.29, 1.82) is 0 Å². The summed E-state index contributed by atoms with van der Waals surface area (Å²) in [5, 5.41) is 0.555. The zero-order valence-electron chi connectivity index (χ0n) is 12.1. The highest BCUT2D eigenvalue weighted by molar-refractivity contribution is 6.30. The summed E-state index contributed by atoms with van der Waals surface area (Å²) in [4.78, 5) is 4.18. The Kier molecular flexibility index (Phi) is 4.90. The zero-order valence-corrected chi connectivity index (χ0v) is 12.9. The van der Waals surface area contributed by atoms with E-state index in [9.17, 15) is 4.39 Å². The minimum Gasteiger partial charge on any atom is -0.490 e. The largest absolute Gasteiger partial charge is 0.490 e. The molecule has 1 saturated heterocycles. The molecule has 2 heterocycles. The van der Waals surface area contributed by atoms with Gasteiger partial charge in [-0.05, 0) is 43.2 Å². The molecule has 0 spiro atoms. The van der Waals surface area contributed by atoms with Crippen LogP contribution in [0.5, 0.6) is 5.75 Å². The molecule has 1 aliphatic heterocycles. The van der Waals surface area contributed by atoms with Gasteiger partial charge in [0.2, 0.25) is 0 Å². The van der Waals surface area contributed by atoms with E-state index in [-0.39, 0.29) is 11.6 Å². The highest BCUT2D eigenvalue weighted by atomic mass is 35.5. The molecule has 1 unspecified atom stereocenters. The van der Waals surface area contributed by atoms with Gasteiger partial charge in [-0.25, -0.2) is 4.39 Å². The number of hydrogen-bond donors (Lipinski definition) is 0. The fourth-order valence-electron chi connectivity index (χ4n) is 2.47. The Morgan fingerprint density at radius 2 is 2.23 bits per heavy atom. The van der Waals surface area contributed by atoms with Crippen molar-refractivity contribution in [3.05, 3.63) is 47.4 Å². The monoisotopic (exact) mass is 321 g/mol. The van der Waals surface area contributed by atoms with E-state index < -0.39 is 0 Å². The first-order chi connectivity index (χ1) is 10.7. The highest BCUT2D eigenvalue weighted by Crippen LogP contribution is 2.26. The minimum atomic E-state index is -0.383. The van der Waals surface area contributed by atoms with Gasteiger partial charge >= 0.3 is 0 Å². The molecule has 116 valence electrons. The summed E-state index contributed by atoms with van der Waals surface area (Å²) in [6.45, 7) is 1.98. The molecule has 0 amide bonds. The number of pyridine rings is 1. The predicted molar refractivity (Wildman–Crippen MR) is 83.7 cm³/mol. The molecule has 1 aromatic carbocycles. The highest BCUT2D eigenvalue weighted by Gasteiger charge is 2.15. The van der Waals surface area contributed by atoms with Crippen molar-refractivity contribution in [2.24, 2.45) is 5.92 Å². The van der Waals surface area contributed by atoms with Gasteiger partial charge in [-0.3, -0.25) is 4.98 Å². The van der Waals surface area contributed by atoms with E-state index in [1.165, 1.54) is 6.07 Å². The average molecular weight is 322 g/mol. The third kappa shape index (κ3) is 3.76. The fourth-order valence-corrected chi connectivity index (χ4v) is 2.58. The third-order valence-electron chi connectivity index (χ3n) is 3.68. The summed E-state index contributed by atoms with van der Waals surface area (Å²) in [5.74, 6) is 0.222. The predicted octanol–water partition coefficient (Wildman–Crippen LogP) is 4.35. The number of aromatic nitrogens is 1. The van der Waals surface area contributed by atoms with Gasteiger partial charge < -0.3 is 9.47 Å². The Balaban J connectivity index is 1.67. The van der Waals surface area contributed by atoms with Crippen LogP contribution in [0.2, 0.25) is 5.02 Å². The van der Waals surface area contributed by atoms with E-state index in [2.05, 4.69) is 4.98 Å². The molecule has 0 bridgehead atoms. The molecule has 22 heavy (non-hydrogen) atoms. The molecule has 0 N–H and O–H groups in total. The van der Waals surface area contributed by atoms with Gasteiger partial charge in [0.15, 0.2) is 11.6 Å². The molecular formula is C17H17ClFNO2. The molecule has 2 aromatic rings. The molecule has 3 rings (SSSR count). The van der Waals surface area contributed by atoms with Crippen LogP contribution in [0.4, 0.5) is 4.39 Å². The first-order valence-electron chi connectivity index (χ1n) is 7.34. The normalized spacial score (nSPS) is 18.2. The van der Waals surface area contributed by atoms with Gasteiger partial charge in [-0.15, -0.1) is 0 Å². The Hall–Kier alpha value is -1.65. The molecule has 1 atom stereocenters. The van der Waals surface area contributed by atoms with Crippen LogP contribution in [0, 0.1) is 11.7 Å². The summed E-state index contributed by atoms with van der Waals surface area (Å²) in [5.41, 5.74) is 1.37. The van der Waals surface area contributed by atoms with Crippen LogP contribution >= 0.6 is 11.6 Å². The van der Waals surface area contributed by atoms with E-state index in [1.807, 2.05) is 0 Å². The Morgan fingerprint density at radius 1 is 1.32 bits per heavy atom. The van der Waals surface area contributed by atoms with Crippen LogP contribution in [0.1, 0.15) is 12.8 Å². The Bertz CT molecular complexity index is 627. The minimum absolute atomic E-state index is 0.267. The van der Waals surface area contributed by atoms with E-state index in [4.69, 9.17) is 21.1 Å². The van der Waals surface area contributed by atoms with Crippen LogP contribution in [-0.4, -0.2) is 24.8 Å². The number of hydrogen-bond acceptors (Lipinski definition) is 3. The van der Waals surface area contributed by atoms with Crippen molar-refractivity contribution in [2.75, 3.05) is 19.8 Å². The van der Waals surface area contributed by atoms with Crippen molar-refractivity contribution >= 4 is 11.6 Å². The molecule has 3 nitrogen and oxygen atoms in total. The molecule has 0 saturated carbocycles. The van der Waals surface area contributed by atoms with Crippen LogP contribution in [0.3, 0.4) is 0 Å². The van der Waals surface area contributed by atoms with Gasteiger partial charge in [0.1, 0.15) is 0 Å². The number of ether oxygens (including phenoxy) is 2. The van der Waals surface area contributed by atoms with Gasteiger partial charge in [0.05, 0.1) is 23.9 Å². The van der Waals surface area contributed by atoms with Crippen molar-refractivity contribution < 1.29 is 13.9 Å². The lowest BCUT2D eigenvalue weighted by atomic mass is 10.0. The lowest BCUT2D eigenvalue weighted by Crippen LogP contribution is -2.23. The second-order valence-corrected chi connectivity index (χ2v) is 5.84. The molecule has 1 fully saturated rings. The summed E-state index contributed by atoms with van der Waals surface area (Å²) < 4.78 is 25.1. The molecule has 1 aliphatic rings. The molecular weight excluding hydrogens is 305 g/mol. The second-order valence-electron chi connectivity index (χ2n) is 5.40. The van der Waals surface area contributed by atoms with Crippen LogP contribution in [0.25, 0.3) is 11.3 Å². The van der Waals surface area contributed by atoms with Crippen LogP contribution in [-0.2, 0) is 4.74 Å². The lowest BCUT2D eigenvalue weighted by Gasteiger charge is -2.22. The number of nitrogens with zero attached hydrogens (tertiary/aromatic N) is 1. The Morgan fingerprint density at radius 3 is 2.91 bits per heavy atom. The van der Waals surface area contributed by atoms with E-state index in [0.29, 0.717) is 35.4 Å². The van der Waals surface area contributed by atoms with Gasteiger partial charge in [0.25, 0.3) is 0 Å². The maximum absolute atomic E-state index is 14.2. The summed E-state index contributed by atoms with van der Waals surface area (Å²) >= 11 is 5.80. The molecule has 0 radical (unpaired) electrons. The summed E-state index contributed by atoms with van der Waals surface area (Å²) in [6, 6.07) is 8.37. The van der Waals surface area contributed by atoms with E-state index in [1.54, 1.807) is 30.5 Å². The summed E-state index contributed by atoms with van der Waals surface area (Å²) in [6.07, 6.45) is 3.65. The molecule has 0 aliphatic carbocycles. The SMILES string of the molecule is Fc1cc(-c2ccc(Cl)cn2)ccc1OCC1CCCOC1. The first-order valence-corrected chi connectivity index (χ1v) is 7.72. The van der Waals surface area contributed by atoms with Crippen LogP contribution < -0.4 is 4.74 Å². The first kappa shape index (κ1) is 15.3. The van der Waals surface area contributed by atoms with Crippen molar-refractivity contribution in [2.45, 2.75) is 12.8 Å². The molecule has 5 heteroatoms. The van der Waals surface area contributed by atoms with Crippen molar-refractivity contribution in [3.8, 4) is 17.0 Å². The van der Waals surface area contributed by atoms with Crippen molar-refractivity contribution in [3.63, 3.8) is 0 Å². The average Bonchev–Trinajstić information content (AvgIpc) is 2.55. The topological polar surface area (TPSA) is 31.4 Å². The maximum atomic E-state index is 14.2. The number of rotatable bonds is 4. The lowest BCUT2D eigenvalue weighted by molar-refractivity contribution is 0.0345. The smallest absolute Gasteiger partial charge is 0.165 e. The molecule has 1 aromatic heterocycles. The number of halogens is 2. The maximum Gasteiger partial charge on any atom is 0.165 e. The van der Waals surface area contributed by atoms with Gasteiger partial charge in [-0.1, -0.05) is 11.6 Å². The summed E-state index contributed by atoms with van der Waals surface area (Å²) in [7, 11) is 0. The third-order valence-corrected chi connectivity index (χ3v) is 3.91. The quantitative estimate of drug-likeness (QED) is 0.839. The second kappa shape index (κ2) is 7.07.